The predicted molar refractivity (Wildman–Crippen MR) is 90.6 cm³/mol. The molecule has 0 radical (unpaired) electrons. The van der Waals surface area contributed by atoms with Gasteiger partial charge in [-0.3, -0.25) is 14.8 Å². The number of rotatable bonds is 8. The molecule has 164 valence electrons. The average molecular weight is 434 g/mol. The predicted octanol–water partition coefficient (Wildman–Crippen LogP) is -2.36. The Balaban J connectivity index is 3.52. The fourth-order valence-corrected chi connectivity index (χ4v) is 4.03. The second kappa shape index (κ2) is 9.39. The van der Waals surface area contributed by atoms with E-state index in [1.54, 1.807) is 0 Å². The summed E-state index contributed by atoms with van der Waals surface area (Å²) in [5, 5.41) is 40.3. The third kappa shape index (κ3) is 4.95. The van der Waals surface area contributed by atoms with Crippen LogP contribution in [0, 0.1) is 5.41 Å². The van der Waals surface area contributed by atoms with E-state index in [1.807, 2.05) is 5.32 Å². The van der Waals surface area contributed by atoms with Crippen LogP contribution < -0.4 is 16.4 Å². The summed E-state index contributed by atoms with van der Waals surface area (Å²) in [7, 11) is -5.48. The number of nitrogens with one attached hydrogen (secondary N) is 3. The van der Waals surface area contributed by atoms with Gasteiger partial charge in [-0.2, -0.15) is 4.39 Å². The number of amides is 1. The van der Waals surface area contributed by atoms with Crippen molar-refractivity contribution in [2.75, 3.05) is 13.2 Å². The topological polar surface area (TPSA) is 207 Å². The van der Waals surface area contributed by atoms with Gasteiger partial charge >= 0.3 is 13.2 Å². The van der Waals surface area contributed by atoms with Crippen LogP contribution in [0.25, 0.3) is 0 Å². The first-order valence-corrected chi connectivity index (χ1v) is 9.73. The van der Waals surface area contributed by atoms with Gasteiger partial charge in [0.15, 0.2) is 12.1 Å². The number of hydrogen-bond donors (Lipinski definition) is 8. The number of alkyl halides is 2. The maximum Gasteiger partial charge on any atom is 0.395 e. The number of carbonyl (C=O) groups is 1. The average Bonchev–Trinajstić information content (AvgIpc) is 2.59. The van der Waals surface area contributed by atoms with Crippen molar-refractivity contribution in [2.24, 2.45) is 5.73 Å². The van der Waals surface area contributed by atoms with Gasteiger partial charge in [0.25, 0.3) is 0 Å². The molecular weight excluding hydrogens is 409 g/mol. The normalized spacial score (nSPS) is 34.7. The maximum absolute atomic E-state index is 15.4. The van der Waals surface area contributed by atoms with Crippen molar-refractivity contribution in [3.8, 4) is 0 Å². The van der Waals surface area contributed by atoms with E-state index in [-0.39, 0.29) is 0 Å². The molecule has 1 amide bonds. The Morgan fingerprint density at radius 1 is 1.43 bits per heavy atom. The molecule has 1 heterocycles. The Bertz CT molecular complexity index is 631. The molecule has 0 aromatic carbocycles. The number of nitrogens with two attached hydrogens (primary N) is 1. The summed E-state index contributed by atoms with van der Waals surface area (Å²) in [6.07, 6.45) is -9.13. The number of halogens is 2. The molecule has 0 spiro atoms. The largest absolute Gasteiger partial charge is 0.395 e. The standard InChI is InChI=1S/C13H25F2N4O8P/c1-3-26-28(24,25)13(15)11(14)8(19-12(16)17)7(18-5(2)21)10(27-13)9(23)6(22)4-20/h6-11,20,22-23H,3-4H2,1-2H3,(H,18,21)(H,24,25)(H4,16,17,19)/t6-,7-,8-,9-,10-,11-,13-/m1/s1. The smallest absolute Gasteiger partial charge is 0.394 e. The summed E-state index contributed by atoms with van der Waals surface area (Å²) in [4.78, 5) is 21.4. The highest BCUT2D eigenvalue weighted by Crippen LogP contribution is 2.62. The highest BCUT2D eigenvalue weighted by molar-refractivity contribution is 7.54. The molecule has 0 bridgehead atoms. The molecule has 8 atom stereocenters. The van der Waals surface area contributed by atoms with Crippen LogP contribution >= 0.6 is 7.60 Å². The van der Waals surface area contributed by atoms with E-state index in [0.717, 1.165) is 6.92 Å². The van der Waals surface area contributed by atoms with Crippen LogP contribution in [0.5, 0.6) is 0 Å². The number of aliphatic hydroxyl groups is 3. The van der Waals surface area contributed by atoms with Crippen LogP contribution in [-0.2, 0) is 18.6 Å². The van der Waals surface area contributed by atoms with E-state index in [2.05, 4.69) is 9.84 Å². The molecule has 28 heavy (non-hydrogen) atoms. The van der Waals surface area contributed by atoms with Gasteiger partial charge < -0.3 is 45.8 Å². The summed E-state index contributed by atoms with van der Waals surface area (Å²) >= 11 is 0. The third-order valence-corrected chi connectivity index (χ3v) is 5.73. The highest BCUT2D eigenvalue weighted by atomic mass is 31.2. The quantitative estimate of drug-likeness (QED) is 0.116. The van der Waals surface area contributed by atoms with Crippen LogP contribution in [0.2, 0.25) is 0 Å². The monoisotopic (exact) mass is 434 g/mol. The maximum atomic E-state index is 15.4. The number of guanidine groups is 1. The van der Waals surface area contributed by atoms with Crippen molar-refractivity contribution >= 4 is 19.5 Å². The minimum Gasteiger partial charge on any atom is -0.394 e. The first-order chi connectivity index (χ1) is 12.8. The molecule has 9 N–H and O–H groups in total. The molecule has 1 saturated heterocycles. The van der Waals surface area contributed by atoms with Gasteiger partial charge in [0, 0.05) is 6.92 Å². The molecule has 1 fully saturated rings. The molecule has 0 aromatic rings. The van der Waals surface area contributed by atoms with E-state index in [0.29, 0.717) is 0 Å². The van der Waals surface area contributed by atoms with Crippen molar-refractivity contribution in [2.45, 2.75) is 56.0 Å². The van der Waals surface area contributed by atoms with Crippen LogP contribution in [0.15, 0.2) is 0 Å². The highest BCUT2D eigenvalue weighted by Gasteiger charge is 2.68. The minimum absolute atomic E-state index is 0.498. The fourth-order valence-electron chi connectivity index (χ4n) is 2.78. The summed E-state index contributed by atoms with van der Waals surface area (Å²) in [5.41, 5.74) is 1.11. The Labute approximate surface area is 159 Å². The number of ether oxygens (including phenoxy) is 1. The van der Waals surface area contributed by atoms with E-state index < -0.39 is 74.8 Å². The number of carbonyl (C=O) groups excluding carboxylic acids is 1. The minimum atomic E-state index is -5.48. The van der Waals surface area contributed by atoms with Gasteiger partial charge in [-0.25, -0.2) is 4.39 Å². The first-order valence-electron chi connectivity index (χ1n) is 8.15. The van der Waals surface area contributed by atoms with Gasteiger partial charge in [0.05, 0.1) is 25.3 Å². The summed E-state index contributed by atoms with van der Waals surface area (Å²) in [6.45, 7) is 0.703. The van der Waals surface area contributed by atoms with Gasteiger partial charge in [0.1, 0.15) is 18.3 Å². The van der Waals surface area contributed by atoms with Crippen molar-refractivity contribution in [3.63, 3.8) is 0 Å². The Morgan fingerprint density at radius 3 is 2.43 bits per heavy atom. The van der Waals surface area contributed by atoms with Gasteiger partial charge in [0.2, 0.25) is 5.91 Å². The van der Waals surface area contributed by atoms with Crippen molar-refractivity contribution in [1.82, 2.24) is 10.6 Å². The van der Waals surface area contributed by atoms with Crippen molar-refractivity contribution in [1.29, 1.82) is 5.41 Å². The van der Waals surface area contributed by atoms with E-state index >= 15 is 8.78 Å². The van der Waals surface area contributed by atoms with Crippen LogP contribution in [0.1, 0.15) is 13.8 Å². The molecule has 0 aromatic heterocycles. The van der Waals surface area contributed by atoms with Crippen LogP contribution in [0.3, 0.4) is 0 Å². The van der Waals surface area contributed by atoms with Gasteiger partial charge in [-0.05, 0) is 6.92 Å². The number of hydrogen-bond acceptors (Lipinski definition) is 8. The second-order valence-corrected chi connectivity index (χ2v) is 7.99. The molecule has 1 aliphatic rings. The van der Waals surface area contributed by atoms with Crippen LogP contribution in [-0.4, -0.2) is 87.5 Å². The van der Waals surface area contributed by atoms with Crippen LogP contribution in [0.4, 0.5) is 8.78 Å². The molecule has 0 aliphatic carbocycles. The summed E-state index contributed by atoms with van der Waals surface area (Å²) in [6, 6.07) is -3.65. The fraction of sp³-hybridized carbons (Fsp3) is 0.846. The summed E-state index contributed by atoms with van der Waals surface area (Å²) in [5.74, 6) is -1.68. The first kappa shape index (κ1) is 24.6. The lowest BCUT2D eigenvalue weighted by atomic mass is 9.89. The van der Waals surface area contributed by atoms with Gasteiger partial charge in [-0.15, -0.1) is 0 Å². The SMILES string of the molecule is CCOP(=O)(O)[C@]1(F)O[C@@H]([C@H](O)[C@H](O)CO)[C@H](NC(C)=O)[C@@H](NC(=N)N)[C@H]1F. The molecule has 12 nitrogen and oxygen atoms in total. The Hall–Kier alpha value is -1.41. The molecular formula is C13H25F2N4O8P. The molecule has 1 aliphatic heterocycles. The zero-order chi connectivity index (χ0) is 21.9. The molecule has 15 heteroatoms. The third-order valence-electron chi connectivity index (χ3n) is 4.00. The zero-order valence-corrected chi connectivity index (χ0v) is 16.0. The zero-order valence-electron chi connectivity index (χ0n) is 15.1. The molecule has 1 rings (SSSR count). The molecule has 1 unspecified atom stereocenters. The van der Waals surface area contributed by atoms with Gasteiger partial charge in [-0.1, -0.05) is 0 Å². The van der Waals surface area contributed by atoms with Crippen molar-refractivity contribution in [3.05, 3.63) is 0 Å². The Morgan fingerprint density at radius 2 is 2.00 bits per heavy atom. The lowest BCUT2D eigenvalue weighted by Gasteiger charge is -2.49. The van der Waals surface area contributed by atoms with E-state index in [4.69, 9.17) is 21.0 Å². The number of aliphatic hydroxyl groups excluding tert-OH is 3. The van der Waals surface area contributed by atoms with E-state index in [1.165, 1.54) is 6.92 Å². The lowest BCUT2D eigenvalue weighted by Crippen LogP contribution is -2.73. The molecule has 0 saturated carbocycles. The van der Waals surface area contributed by atoms with Crippen molar-refractivity contribution < 1.29 is 47.6 Å². The lowest BCUT2D eigenvalue weighted by molar-refractivity contribution is -0.248. The van der Waals surface area contributed by atoms with E-state index in [9.17, 15) is 24.5 Å². The second-order valence-electron chi connectivity index (χ2n) is 6.08. The summed E-state index contributed by atoms with van der Waals surface area (Å²) < 4.78 is 51.8. The Kier molecular flexibility index (Phi) is 8.26.